The monoisotopic (exact) mass is 344 g/mol. The summed E-state index contributed by atoms with van der Waals surface area (Å²) < 4.78 is 1.79. The van der Waals surface area contributed by atoms with Crippen LogP contribution in [0.3, 0.4) is 0 Å². The Morgan fingerprint density at radius 1 is 1.16 bits per heavy atom. The maximum Gasteiger partial charge on any atom is 0.114 e. The third-order valence-electron chi connectivity index (χ3n) is 3.77. The number of aromatic nitrogens is 2. The van der Waals surface area contributed by atoms with E-state index in [4.69, 9.17) is 23.1 Å². The van der Waals surface area contributed by atoms with Gasteiger partial charge in [-0.25, -0.2) is 4.68 Å². The van der Waals surface area contributed by atoms with Gasteiger partial charge in [-0.3, -0.25) is 0 Å². The first-order chi connectivity index (χ1) is 12.1. The van der Waals surface area contributed by atoms with Gasteiger partial charge in [0, 0.05) is 17.3 Å². The zero-order chi connectivity index (χ0) is 17.8. The van der Waals surface area contributed by atoms with Crippen LogP contribution in [0.1, 0.15) is 11.1 Å². The Labute approximate surface area is 151 Å². The molecule has 4 nitrogen and oxygen atoms in total. The molecule has 0 bridgehead atoms. The van der Waals surface area contributed by atoms with Gasteiger partial charge in [-0.1, -0.05) is 60.2 Å². The molecule has 0 aliphatic carbocycles. The predicted molar refractivity (Wildman–Crippen MR) is 104 cm³/mol. The molecular formula is C20H16N4S. The Kier molecular flexibility index (Phi) is 4.73. The maximum absolute atomic E-state index is 9.27. The summed E-state index contributed by atoms with van der Waals surface area (Å²) in [5.74, 6) is 0. The Bertz CT molecular complexity index is 977. The van der Waals surface area contributed by atoms with Gasteiger partial charge in [0.15, 0.2) is 0 Å². The number of nitrogens with zero attached hydrogens (tertiary/aromatic N) is 3. The standard InChI is InChI=1S/C20H16N4S/c1-14-7-9-15(10-8-14)19-17(11-16(12-21)20(22)25)13-24(23-19)18-5-3-2-4-6-18/h2-11,13H,1H3,(H2,22,25). The lowest BCUT2D eigenvalue weighted by atomic mass is 10.0. The zero-order valence-electron chi connectivity index (χ0n) is 13.7. The lowest BCUT2D eigenvalue weighted by Crippen LogP contribution is -2.09. The van der Waals surface area contributed by atoms with Crippen molar-refractivity contribution in [2.45, 2.75) is 6.92 Å². The van der Waals surface area contributed by atoms with E-state index in [-0.39, 0.29) is 10.6 Å². The number of para-hydroxylation sites is 1. The molecule has 0 fully saturated rings. The van der Waals surface area contributed by atoms with Crippen LogP contribution in [-0.4, -0.2) is 14.8 Å². The van der Waals surface area contributed by atoms with Crippen LogP contribution in [0.25, 0.3) is 23.0 Å². The predicted octanol–water partition coefficient (Wildman–Crippen LogP) is 4.04. The maximum atomic E-state index is 9.27. The van der Waals surface area contributed by atoms with Gasteiger partial charge in [0.05, 0.1) is 17.0 Å². The van der Waals surface area contributed by atoms with Gasteiger partial charge < -0.3 is 5.73 Å². The summed E-state index contributed by atoms with van der Waals surface area (Å²) in [5.41, 5.74) is 10.5. The fourth-order valence-electron chi connectivity index (χ4n) is 2.46. The van der Waals surface area contributed by atoms with E-state index in [2.05, 4.69) is 0 Å². The van der Waals surface area contributed by atoms with Crippen LogP contribution >= 0.6 is 12.2 Å². The van der Waals surface area contributed by atoms with Crippen molar-refractivity contribution in [3.8, 4) is 23.0 Å². The van der Waals surface area contributed by atoms with Crippen molar-refractivity contribution in [3.63, 3.8) is 0 Å². The number of hydrogen-bond acceptors (Lipinski definition) is 3. The van der Waals surface area contributed by atoms with E-state index in [1.165, 1.54) is 5.56 Å². The molecule has 0 atom stereocenters. The fourth-order valence-corrected chi connectivity index (χ4v) is 2.56. The molecule has 1 aromatic heterocycles. The summed E-state index contributed by atoms with van der Waals surface area (Å²) in [6, 6.07) is 19.9. The van der Waals surface area contributed by atoms with E-state index < -0.39 is 0 Å². The largest absolute Gasteiger partial charge is 0.389 e. The summed E-state index contributed by atoms with van der Waals surface area (Å²) in [6.07, 6.45) is 3.56. The van der Waals surface area contributed by atoms with Crippen molar-refractivity contribution in [2.24, 2.45) is 5.73 Å². The molecule has 0 unspecified atom stereocenters. The lowest BCUT2D eigenvalue weighted by Gasteiger charge is -2.01. The minimum Gasteiger partial charge on any atom is -0.389 e. The highest BCUT2D eigenvalue weighted by atomic mass is 32.1. The first-order valence-corrected chi connectivity index (χ1v) is 8.13. The van der Waals surface area contributed by atoms with E-state index in [0.29, 0.717) is 0 Å². The van der Waals surface area contributed by atoms with Gasteiger partial charge in [0.2, 0.25) is 0 Å². The second-order valence-electron chi connectivity index (χ2n) is 5.61. The fraction of sp³-hybridized carbons (Fsp3) is 0.0500. The second-order valence-corrected chi connectivity index (χ2v) is 6.05. The van der Waals surface area contributed by atoms with Crippen molar-refractivity contribution in [1.82, 2.24) is 9.78 Å². The van der Waals surface area contributed by atoms with Crippen LogP contribution in [0.2, 0.25) is 0 Å². The third kappa shape index (κ3) is 3.65. The van der Waals surface area contributed by atoms with Crippen LogP contribution in [0, 0.1) is 18.3 Å². The second kappa shape index (κ2) is 7.12. The summed E-state index contributed by atoms with van der Waals surface area (Å²) in [5, 5.41) is 14.0. The van der Waals surface area contributed by atoms with E-state index in [0.717, 1.165) is 22.5 Å². The molecule has 0 saturated carbocycles. The molecule has 0 aliphatic rings. The van der Waals surface area contributed by atoms with Crippen molar-refractivity contribution >= 4 is 23.3 Å². The number of benzene rings is 2. The number of hydrogen-bond donors (Lipinski definition) is 1. The Hall–Kier alpha value is -3.23. The van der Waals surface area contributed by atoms with E-state index in [9.17, 15) is 5.26 Å². The van der Waals surface area contributed by atoms with Crippen LogP contribution < -0.4 is 5.73 Å². The molecule has 1 heterocycles. The number of thiocarbonyl (C=S) groups is 1. The van der Waals surface area contributed by atoms with Gasteiger partial charge in [-0.05, 0) is 25.1 Å². The van der Waals surface area contributed by atoms with E-state index >= 15 is 0 Å². The molecule has 0 spiro atoms. The smallest absolute Gasteiger partial charge is 0.114 e. The van der Waals surface area contributed by atoms with Gasteiger partial charge in [-0.15, -0.1) is 0 Å². The Morgan fingerprint density at radius 2 is 1.84 bits per heavy atom. The summed E-state index contributed by atoms with van der Waals surface area (Å²) in [4.78, 5) is 0.0739. The average molecular weight is 344 g/mol. The van der Waals surface area contributed by atoms with Gasteiger partial charge in [0.1, 0.15) is 11.1 Å². The molecule has 2 aromatic carbocycles. The molecule has 2 N–H and O–H groups in total. The average Bonchev–Trinajstić information content (AvgIpc) is 3.04. The van der Waals surface area contributed by atoms with Crippen LogP contribution in [0.15, 0.2) is 66.4 Å². The van der Waals surface area contributed by atoms with Crippen molar-refractivity contribution < 1.29 is 0 Å². The minimum absolute atomic E-state index is 0.0739. The highest BCUT2D eigenvalue weighted by Crippen LogP contribution is 2.26. The molecule has 0 radical (unpaired) electrons. The highest BCUT2D eigenvalue weighted by Gasteiger charge is 2.12. The van der Waals surface area contributed by atoms with E-state index in [1.54, 1.807) is 10.8 Å². The number of aryl methyl sites for hydroxylation is 1. The quantitative estimate of drug-likeness (QED) is 0.441. The first kappa shape index (κ1) is 16.6. The zero-order valence-corrected chi connectivity index (χ0v) is 14.5. The molecule has 0 aliphatic heterocycles. The number of nitriles is 1. The normalized spacial score (nSPS) is 11.1. The highest BCUT2D eigenvalue weighted by molar-refractivity contribution is 7.80. The molecule has 3 aromatic rings. The van der Waals surface area contributed by atoms with Crippen LogP contribution in [0.4, 0.5) is 0 Å². The summed E-state index contributed by atoms with van der Waals surface area (Å²) >= 11 is 4.95. The number of nitrogens with two attached hydrogens (primary N) is 1. The van der Waals surface area contributed by atoms with Gasteiger partial charge in [0.25, 0.3) is 0 Å². The van der Waals surface area contributed by atoms with Crippen LogP contribution in [0.5, 0.6) is 0 Å². The molecule has 3 rings (SSSR count). The SMILES string of the molecule is Cc1ccc(-c2nn(-c3ccccc3)cc2C=C(C#N)C(N)=S)cc1. The molecule has 122 valence electrons. The number of rotatable bonds is 4. The van der Waals surface area contributed by atoms with Crippen molar-refractivity contribution in [1.29, 1.82) is 5.26 Å². The minimum atomic E-state index is 0.0739. The Balaban J connectivity index is 2.18. The molecule has 0 saturated heterocycles. The van der Waals surface area contributed by atoms with Gasteiger partial charge in [-0.2, -0.15) is 10.4 Å². The summed E-state index contributed by atoms with van der Waals surface area (Å²) in [7, 11) is 0. The van der Waals surface area contributed by atoms with Crippen LogP contribution in [-0.2, 0) is 0 Å². The van der Waals surface area contributed by atoms with Gasteiger partial charge >= 0.3 is 0 Å². The van der Waals surface area contributed by atoms with Crippen molar-refractivity contribution in [3.05, 3.63) is 77.5 Å². The lowest BCUT2D eigenvalue weighted by molar-refractivity contribution is 0.884. The first-order valence-electron chi connectivity index (χ1n) is 7.72. The molecular weight excluding hydrogens is 328 g/mol. The molecule has 5 heteroatoms. The summed E-state index contributed by atoms with van der Waals surface area (Å²) in [6.45, 7) is 2.04. The van der Waals surface area contributed by atoms with Crippen molar-refractivity contribution in [2.75, 3.05) is 0 Å². The third-order valence-corrected chi connectivity index (χ3v) is 3.99. The molecule has 25 heavy (non-hydrogen) atoms. The van der Waals surface area contributed by atoms with E-state index in [1.807, 2.05) is 73.8 Å². The topological polar surface area (TPSA) is 67.6 Å². The Morgan fingerprint density at radius 3 is 2.44 bits per heavy atom. The molecule has 0 amide bonds.